The number of fused-ring (bicyclic) bond motifs is 1. The molecule has 2 aromatic carbocycles. The van der Waals surface area contributed by atoms with Gasteiger partial charge in [-0.1, -0.05) is 61.7 Å². The third-order valence-corrected chi connectivity index (χ3v) is 7.02. The van der Waals surface area contributed by atoms with Gasteiger partial charge in [-0.2, -0.15) is 0 Å². The Hall–Kier alpha value is -3.78. The summed E-state index contributed by atoms with van der Waals surface area (Å²) in [6, 6.07) is 18.6. The summed E-state index contributed by atoms with van der Waals surface area (Å²) in [6.07, 6.45) is 8.24. The maximum absolute atomic E-state index is 6.01. The Morgan fingerprint density at radius 1 is 1.00 bits per heavy atom. The molecule has 0 saturated heterocycles. The fraction of sp³-hybridized carbons (Fsp3) is 0.333. The molecule has 8 heteroatoms. The Morgan fingerprint density at radius 3 is 2.54 bits per heavy atom. The highest BCUT2D eigenvalue weighted by molar-refractivity contribution is 6.12. The van der Waals surface area contributed by atoms with Crippen LogP contribution < -0.4 is 10.2 Å². The number of benzene rings is 2. The van der Waals surface area contributed by atoms with Gasteiger partial charge in [-0.3, -0.25) is 5.01 Å². The lowest BCUT2D eigenvalue weighted by molar-refractivity contribution is 0.271. The third-order valence-electron chi connectivity index (χ3n) is 7.02. The summed E-state index contributed by atoms with van der Waals surface area (Å²) >= 11 is 0. The molecule has 6 rings (SSSR count). The van der Waals surface area contributed by atoms with Crippen molar-refractivity contribution in [3.05, 3.63) is 83.1 Å². The molecule has 0 radical (unpaired) electrons. The van der Waals surface area contributed by atoms with E-state index in [-0.39, 0.29) is 0 Å². The molecule has 1 saturated carbocycles. The quantitative estimate of drug-likeness (QED) is 0.580. The van der Waals surface area contributed by atoms with E-state index in [0.29, 0.717) is 19.1 Å². The van der Waals surface area contributed by atoms with E-state index in [9.17, 15) is 0 Å². The van der Waals surface area contributed by atoms with Gasteiger partial charge in [0.1, 0.15) is 12.4 Å². The van der Waals surface area contributed by atoms with Crippen LogP contribution in [0.3, 0.4) is 0 Å². The first-order chi connectivity index (χ1) is 17.3. The van der Waals surface area contributed by atoms with Crippen LogP contribution in [0.1, 0.15) is 49.1 Å². The first-order valence-electron chi connectivity index (χ1n) is 12.3. The van der Waals surface area contributed by atoms with Crippen molar-refractivity contribution >= 4 is 17.4 Å². The highest BCUT2D eigenvalue weighted by Gasteiger charge is 2.36. The van der Waals surface area contributed by atoms with Crippen molar-refractivity contribution in [3.63, 3.8) is 0 Å². The Balaban J connectivity index is 1.32. The average molecular weight is 468 g/mol. The van der Waals surface area contributed by atoms with Crippen LogP contribution >= 0.6 is 0 Å². The lowest BCUT2D eigenvalue weighted by Crippen LogP contribution is -2.37. The van der Waals surface area contributed by atoms with Crippen LogP contribution in [0.5, 0.6) is 5.75 Å². The maximum Gasteiger partial charge on any atom is 0.182 e. The van der Waals surface area contributed by atoms with Crippen LogP contribution in [0.4, 0.5) is 0 Å². The molecule has 178 valence electrons. The monoisotopic (exact) mass is 467 g/mol. The second-order valence-electron chi connectivity index (χ2n) is 9.29. The smallest absolute Gasteiger partial charge is 0.182 e. The third kappa shape index (κ3) is 4.25. The number of nitrogens with one attached hydrogen (secondary N) is 1. The molecule has 1 N–H and O–H groups in total. The highest BCUT2D eigenvalue weighted by Crippen LogP contribution is 2.41. The molecule has 0 amide bonds. The maximum atomic E-state index is 6.01. The first-order valence-corrected chi connectivity index (χ1v) is 12.3. The minimum atomic E-state index is 0.485. The van der Waals surface area contributed by atoms with Crippen LogP contribution in [0.15, 0.2) is 71.1 Å². The Bertz CT molecular complexity index is 1280. The zero-order valence-corrected chi connectivity index (χ0v) is 19.9. The van der Waals surface area contributed by atoms with E-state index in [4.69, 9.17) is 9.73 Å². The van der Waals surface area contributed by atoms with Crippen molar-refractivity contribution in [2.75, 3.05) is 6.54 Å². The van der Waals surface area contributed by atoms with Gasteiger partial charge in [0.2, 0.25) is 0 Å². The number of aliphatic imine (C=N–C) groups is 1. The Kier molecular flexibility index (Phi) is 5.88. The van der Waals surface area contributed by atoms with Gasteiger partial charge in [0.25, 0.3) is 0 Å². The number of rotatable bonds is 6. The van der Waals surface area contributed by atoms with Gasteiger partial charge in [0, 0.05) is 37.0 Å². The number of ether oxygens (including phenoxy) is 1. The predicted molar refractivity (Wildman–Crippen MR) is 135 cm³/mol. The van der Waals surface area contributed by atoms with Gasteiger partial charge in [0.15, 0.2) is 11.6 Å². The zero-order chi connectivity index (χ0) is 23.6. The van der Waals surface area contributed by atoms with Crippen molar-refractivity contribution < 1.29 is 4.74 Å². The molecule has 0 unspecified atom stereocenters. The molecule has 1 aromatic heterocycles. The van der Waals surface area contributed by atoms with Gasteiger partial charge in [0.05, 0.1) is 5.57 Å². The van der Waals surface area contributed by atoms with Gasteiger partial charge < -0.3 is 4.74 Å². The van der Waals surface area contributed by atoms with Crippen molar-refractivity contribution in [3.8, 4) is 5.75 Å². The number of hydrazine groups is 1. The summed E-state index contributed by atoms with van der Waals surface area (Å²) in [5.74, 6) is 3.00. The zero-order valence-electron chi connectivity index (χ0n) is 19.9. The first kappa shape index (κ1) is 21.7. The second kappa shape index (κ2) is 9.46. The molecule has 0 bridgehead atoms. The molecule has 8 nitrogen and oxygen atoms in total. The van der Waals surface area contributed by atoms with E-state index in [1.807, 2.05) is 31.5 Å². The van der Waals surface area contributed by atoms with Crippen LogP contribution in [-0.2, 0) is 13.7 Å². The fourth-order valence-corrected chi connectivity index (χ4v) is 5.23. The molecule has 3 aromatic rings. The molecule has 1 fully saturated rings. The molecular weight excluding hydrogens is 438 g/mol. The number of allylic oxidation sites excluding steroid dienone is 2. The topological polar surface area (TPSA) is 80.5 Å². The van der Waals surface area contributed by atoms with Gasteiger partial charge in [-0.15, -0.1) is 5.10 Å². The lowest BCUT2D eigenvalue weighted by atomic mass is 9.83. The van der Waals surface area contributed by atoms with E-state index in [1.54, 1.807) is 4.68 Å². The summed E-state index contributed by atoms with van der Waals surface area (Å²) in [5, 5.41) is 14.3. The highest BCUT2D eigenvalue weighted by atomic mass is 16.5. The van der Waals surface area contributed by atoms with E-state index < -0.39 is 0 Å². The summed E-state index contributed by atoms with van der Waals surface area (Å²) < 4.78 is 7.72. The number of tetrazole rings is 1. The van der Waals surface area contributed by atoms with E-state index in [2.05, 4.69) is 62.4 Å². The van der Waals surface area contributed by atoms with Crippen molar-refractivity contribution in [2.24, 2.45) is 18.0 Å². The molecule has 0 atom stereocenters. The number of nitrogens with zero attached hydrogens (tertiary/aromatic N) is 6. The van der Waals surface area contributed by atoms with E-state index in [0.717, 1.165) is 34.1 Å². The van der Waals surface area contributed by atoms with Crippen molar-refractivity contribution in [1.82, 2.24) is 30.6 Å². The number of aryl methyl sites for hydroxylation is 1. The van der Waals surface area contributed by atoms with Gasteiger partial charge in [-0.05, 0) is 46.5 Å². The largest absolute Gasteiger partial charge is 0.489 e. The van der Waals surface area contributed by atoms with Crippen LogP contribution in [0.2, 0.25) is 0 Å². The molecule has 3 heterocycles. The predicted octanol–water partition coefficient (Wildman–Crippen LogP) is 4.35. The van der Waals surface area contributed by atoms with Crippen LogP contribution in [-0.4, -0.2) is 38.0 Å². The minimum absolute atomic E-state index is 0.485. The molecule has 0 spiro atoms. The number of aromatic nitrogens is 4. The lowest BCUT2D eigenvalue weighted by Gasteiger charge is -2.35. The van der Waals surface area contributed by atoms with Crippen molar-refractivity contribution in [2.45, 2.75) is 38.7 Å². The number of hydrogen-bond donors (Lipinski definition) is 1. The Labute approximate surface area is 205 Å². The van der Waals surface area contributed by atoms with Crippen molar-refractivity contribution in [1.29, 1.82) is 0 Å². The normalized spacial score (nSPS) is 18.4. The van der Waals surface area contributed by atoms with Gasteiger partial charge >= 0.3 is 0 Å². The molecule has 35 heavy (non-hydrogen) atoms. The fourth-order valence-electron chi connectivity index (χ4n) is 5.23. The molecule has 3 aliphatic rings. The summed E-state index contributed by atoms with van der Waals surface area (Å²) in [6.45, 7) is 1.21. The SMILES string of the molecule is Cn1nnnc1C1=C2N=CC(c3ccc(OCc4ccccc4)cc3)=C(C3CCCCC3)N2NC1. The Morgan fingerprint density at radius 2 is 1.80 bits per heavy atom. The van der Waals surface area contributed by atoms with E-state index >= 15 is 0 Å². The van der Waals surface area contributed by atoms with E-state index in [1.165, 1.54) is 43.4 Å². The minimum Gasteiger partial charge on any atom is -0.489 e. The van der Waals surface area contributed by atoms with Gasteiger partial charge in [-0.25, -0.2) is 15.1 Å². The average Bonchev–Trinajstić information content (AvgIpc) is 3.54. The summed E-state index contributed by atoms with van der Waals surface area (Å²) in [4.78, 5) is 4.89. The summed E-state index contributed by atoms with van der Waals surface area (Å²) in [7, 11) is 1.86. The molecular formula is C27H29N7O. The number of hydrogen-bond acceptors (Lipinski definition) is 7. The van der Waals surface area contributed by atoms with Crippen LogP contribution in [0, 0.1) is 5.92 Å². The second-order valence-corrected chi connectivity index (χ2v) is 9.29. The summed E-state index contributed by atoms with van der Waals surface area (Å²) in [5.41, 5.74) is 9.37. The standard InChI is InChI=1S/C27H29N7O/c1-33-27(30-31-32-33)24-17-29-34-25(21-10-6-3-7-11-21)23(16-28-26(24)34)20-12-14-22(15-13-20)35-18-19-8-4-2-5-9-19/h2,4-5,8-9,12-16,21,29H,3,6-7,10-11,17-18H2,1H3. The van der Waals surface area contributed by atoms with Crippen LogP contribution in [0.25, 0.3) is 11.1 Å². The molecule has 1 aliphatic carbocycles. The molecule has 2 aliphatic heterocycles.